The van der Waals surface area contributed by atoms with E-state index in [1.54, 1.807) is 12.1 Å². The first kappa shape index (κ1) is 16.3. The average Bonchev–Trinajstić information content (AvgIpc) is 2.32. The largest absolute Gasteiger partial charge is 0.480 e. The summed E-state index contributed by atoms with van der Waals surface area (Å²) in [6.45, 7) is 0. The zero-order valence-electron chi connectivity index (χ0n) is 10.0. The van der Waals surface area contributed by atoms with Crippen LogP contribution in [0.5, 0.6) is 0 Å². The smallest absolute Gasteiger partial charge is 0.326 e. The van der Waals surface area contributed by atoms with Gasteiger partial charge in [0.25, 0.3) is 0 Å². The molecule has 0 aliphatic rings. The number of primary amides is 1. The summed E-state index contributed by atoms with van der Waals surface area (Å²) in [5.74, 6) is -2.18. The molecular weight excluding hydrogens is 353 g/mol. The van der Waals surface area contributed by atoms with Gasteiger partial charge in [-0.25, -0.2) is 9.59 Å². The summed E-state index contributed by atoms with van der Waals surface area (Å²) >= 11 is 9.04. The van der Waals surface area contributed by atoms with E-state index >= 15 is 0 Å². The molecule has 0 saturated heterocycles. The van der Waals surface area contributed by atoms with Crippen LogP contribution in [0.3, 0.4) is 0 Å². The summed E-state index contributed by atoms with van der Waals surface area (Å²) in [5.41, 5.74) is 5.27. The summed E-state index contributed by atoms with van der Waals surface area (Å²) < 4.78 is 0.655. The summed E-state index contributed by atoms with van der Waals surface area (Å²) in [6.07, 6.45) is -0.496. The second kappa shape index (κ2) is 7.11. The number of carboxylic acids is 1. The molecule has 0 fully saturated rings. The maximum Gasteiger partial charge on any atom is 0.326 e. The van der Waals surface area contributed by atoms with Crippen LogP contribution in [-0.2, 0) is 9.59 Å². The molecular formula is C11H11BrClN3O4. The lowest BCUT2D eigenvalue weighted by Crippen LogP contribution is -2.45. The van der Waals surface area contributed by atoms with Crippen molar-refractivity contribution in [3.8, 4) is 0 Å². The van der Waals surface area contributed by atoms with E-state index in [4.69, 9.17) is 22.4 Å². The molecule has 5 N–H and O–H groups in total. The van der Waals surface area contributed by atoms with Gasteiger partial charge in [-0.05, 0) is 34.1 Å². The normalized spacial score (nSPS) is 11.5. The summed E-state index contributed by atoms with van der Waals surface area (Å²) in [5, 5.41) is 13.7. The number of halogens is 2. The zero-order valence-corrected chi connectivity index (χ0v) is 12.4. The fourth-order valence-electron chi connectivity index (χ4n) is 1.30. The number of carbonyl (C=O) groups is 3. The number of urea groups is 1. The topological polar surface area (TPSA) is 122 Å². The lowest BCUT2D eigenvalue weighted by atomic mass is 10.2. The van der Waals surface area contributed by atoms with Crippen LogP contribution in [0.1, 0.15) is 6.42 Å². The van der Waals surface area contributed by atoms with Crippen molar-refractivity contribution in [1.29, 1.82) is 0 Å². The standard InChI is InChI=1S/C11H11BrClN3O4/c12-6-2-1-5(3-7(6)13)15-11(20)16-8(10(18)19)4-9(14)17/h1-3,8H,4H2,(H2,14,17)(H,18,19)(H2,15,16,20)/t8-/m1/s1. The molecule has 0 radical (unpaired) electrons. The molecule has 0 unspecified atom stereocenters. The highest BCUT2D eigenvalue weighted by Gasteiger charge is 2.22. The minimum Gasteiger partial charge on any atom is -0.480 e. The Bertz CT molecular complexity index is 552. The number of carbonyl (C=O) groups excluding carboxylic acids is 2. The van der Waals surface area contributed by atoms with Crippen molar-refractivity contribution in [3.63, 3.8) is 0 Å². The number of hydrogen-bond donors (Lipinski definition) is 4. The molecule has 9 heteroatoms. The van der Waals surface area contributed by atoms with Gasteiger partial charge in [-0.3, -0.25) is 4.79 Å². The Morgan fingerprint density at radius 3 is 2.55 bits per heavy atom. The van der Waals surface area contributed by atoms with Crippen LogP contribution in [0, 0.1) is 0 Å². The average molecular weight is 365 g/mol. The van der Waals surface area contributed by atoms with Gasteiger partial charge in [-0.15, -0.1) is 0 Å². The molecule has 0 aliphatic heterocycles. The van der Waals surface area contributed by atoms with E-state index in [1.165, 1.54) is 6.07 Å². The van der Waals surface area contributed by atoms with Gasteiger partial charge in [0.2, 0.25) is 5.91 Å². The van der Waals surface area contributed by atoms with Crippen molar-refractivity contribution >= 4 is 51.1 Å². The van der Waals surface area contributed by atoms with Crippen LogP contribution in [-0.4, -0.2) is 29.1 Å². The zero-order chi connectivity index (χ0) is 15.3. The number of carboxylic acid groups (broad SMARTS) is 1. The van der Waals surface area contributed by atoms with Gasteiger partial charge in [-0.1, -0.05) is 11.6 Å². The van der Waals surface area contributed by atoms with E-state index in [2.05, 4.69) is 26.6 Å². The monoisotopic (exact) mass is 363 g/mol. The fourth-order valence-corrected chi connectivity index (χ4v) is 1.73. The minimum absolute atomic E-state index is 0.374. The fraction of sp³-hybridized carbons (Fsp3) is 0.182. The Kier molecular flexibility index (Phi) is 5.78. The van der Waals surface area contributed by atoms with Crippen molar-refractivity contribution in [1.82, 2.24) is 5.32 Å². The first-order chi connectivity index (χ1) is 9.29. The van der Waals surface area contributed by atoms with E-state index in [0.717, 1.165) is 0 Å². The molecule has 20 heavy (non-hydrogen) atoms. The lowest BCUT2D eigenvalue weighted by molar-refractivity contribution is -0.140. The molecule has 0 bridgehead atoms. The Morgan fingerprint density at radius 2 is 2.05 bits per heavy atom. The maximum atomic E-state index is 11.6. The Labute approximate surface area is 127 Å². The molecule has 0 aliphatic carbocycles. The quantitative estimate of drug-likeness (QED) is 0.633. The second-order valence-corrected chi connectivity index (χ2v) is 5.05. The first-order valence-electron chi connectivity index (χ1n) is 5.33. The molecule has 0 spiro atoms. The number of benzene rings is 1. The number of rotatable bonds is 5. The van der Waals surface area contributed by atoms with E-state index in [9.17, 15) is 14.4 Å². The number of aliphatic carboxylic acids is 1. The molecule has 0 saturated carbocycles. The number of anilines is 1. The van der Waals surface area contributed by atoms with Gasteiger partial charge >= 0.3 is 12.0 Å². The molecule has 7 nitrogen and oxygen atoms in total. The van der Waals surface area contributed by atoms with Crippen LogP contribution in [0.2, 0.25) is 5.02 Å². The van der Waals surface area contributed by atoms with Crippen LogP contribution < -0.4 is 16.4 Å². The minimum atomic E-state index is -1.39. The lowest BCUT2D eigenvalue weighted by Gasteiger charge is -2.13. The van der Waals surface area contributed by atoms with E-state index in [-0.39, 0.29) is 0 Å². The van der Waals surface area contributed by atoms with Crippen molar-refractivity contribution in [2.45, 2.75) is 12.5 Å². The highest BCUT2D eigenvalue weighted by Crippen LogP contribution is 2.25. The number of nitrogens with one attached hydrogen (secondary N) is 2. The van der Waals surface area contributed by atoms with Crippen LogP contribution >= 0.6 is 27.5 Å². The van der Waals surface area contributed by atoms with Crippen LogP contribution in [0.4, 0.5) is 10.5 Å². The summed E-state index contributed by atoms with van der Waals surface area (Å²) in [7, 11) is 0. The molecule has 3 amide bonds. The second-order valence-electron chi connectivity index (χ2n) is 3.79. The Hall–Kier alpha value is -1.80. The van der Waals surface area contributed by atoms with E-state index in [0.29, 0.717) is 15.2 Å². The molecule has 0 heterocycles. The molecule has 1 aromatic carbocycles. The van der Waals surface area contributed by atoms with Gasteiger partial charge in [-0.2, -0.15) is 0 Å². The molecule has 1 atom stereocenters. The third-order valence-corrected chi connectivity index (χ3v) is 3.42. The van der Waals surface area contributed by atoms with Crippen LogP contribution in [0.25, 0.3) is 0 Å². The predicted molar refractivity (Wildman–Crippen MR) is 76.5 cm³/mol. The number of hydrogen-bond acceptors (Lipinski definition) is 3. The Balaban J connectivity index is 2.67. The van der Waals surface area contributed by atoms with Crippen molar-refractivity contribution < 1.29 is 19.5 Å². The molecule has 108 valence electrons. The van der Waals surface area contributed by atoms with Crippen molar-refractivity contribution in [2.75, 3.05) is 5.32 Å². The van der Waals surface area contributed by atoms with Gasteiger partial charge < -0.3 is 21.5 Å². The molecule has 1 aromatic rings. The van der Waals surface area contributed by atoms with E-state index in [1.807, 2.05) is 0 Å². The highest BCUT2D eigenvalue weighted by molar-refractivity contribution is 9.10. The third kappa shape index (κ3) is 5.06. The third-order valence-electron chi connectivity index (χ3n) is 2.19. The van der Waals surface area contributed by atoms with E-state index < -0.39 is 30.4 Å². The molecule has 1 rings (SSSR count). The van der Waals surface area contributed by atoms with Crippen molar-refractivity contribution in [3.05, 3.63) is 27.7 Å². The van der Waals surface area contributed by atoms with Gasteiger partial charge in [0.15, 0.2) is 0 Å². The SMILES string of the molecule is NC(=O)C[C@@H](NC(=O)Nc1ccc(Br)c(Cl)c1)C(=O)O. The first-order valence-corrected chi connectivity index (χ1v) is 6.50. The Morgan fingerprint density at radius 1 is 1.40 bits per heavy atom. The van der Waals surface area contributed by atoms with Gasteiger partial charge in [0.05, 0.1) is 11.4 Å². The number of amides is 3. The highest BCUT2D eigenvalue weighted by atomic mass is 79.9. The van der Waals surface area contributed by atoms with Crippen LogP contribution in [0.15, 0.2) is 22.7 Å². The summed E-state index contributed by atoms with van der Waals surface area (Å²) in [6, 6.07) is 2.50. The maximum absolute atomic E-state index is 11.6. The van der Waals surface area contributed by atoms with Crippen molar-refractivity contribution in [2.24, 2.45) is 5.73 Å². The summed E-state index contributed by atoms with van der Waals surface area (Å²) in [4.78, 5) is 33.2. The predicted octanol–water partition coefficient (Wildman–Crippen LogP) is 1.55. The van der Waals surface area contributed by atoms with Gasteiger partial charge in [0, 0.05) is 10.2 Å². The van der Waals surface area contributed by atoms with Gasteiger partial charge in [0.1, 0.15) is 6.04 Å². The number of nitrogens with two attached hydrogens (primary N) is 1. The molecule has 0 aromatic heterocycles.